The van der Waals surface area contributed by atoms with E-state index < -0.39 is 0 Å². The Labute approximate surface area is 123 Å². The molecule has 1 heterocycles. The molecule has 3 rings (SSSR count). The van der Waals surface area contributed by atoms with Crippen LogP contribution in [0.1, 0.15) is 23.0 Å². The molecule has 0 aliphatic rings. The van der Waals surface area contributed by atoms with Crippen molar-refractivity contribution in [2.75, 3.05) is 0 Å². The Kier molecular flexibility index (Phi) is 3.44. The first-order valence-corrected chi connectivity index (χ1v) is 6.79. The van der Waals surface area contributed by atoms with Crippen molar-refractivity contribution in [2.45, 2.75) is 13.5 Å². The van der Waals surface area contributed by atoms with Gasteiger partial charge < -0.3 is 4.74 Å². The van der Waals surface area contributed by atoms with E-state index in [2.05, 4.69) is 5.10 Å². The van der Waals surface area contributed by atoms with Crippen LogP contribution >= 0.6 is 0 Å². The normalized spacial score (nSPS) is 10.8. The number of ketones is 1. The zero-order valence-corrected chi connectivity index (χ0v) is 12.0. The summed E-state index contributed by atoms with van der Waals surface area (Å²) in [5.41, 5.74) is 2.62. The first-order valence-electron chi connectivity index (χ1n) is 6.79. The minimum atomic E-state index is 0.0312. The number of para-hydroxylation sites is 1. The fraction of sp³-hybridized carbons (Fsp3) is 0.176. The van der Waals surface area contributed by atoms with E-state index in [0.717, 1.165) is 16.6 Å². The quantitative estimate of drug-likeness (QED) is 0.688. The highest BCUT2D eigenvalue weighted by atomic mass is 16.5. The van der Waals surface area contributed by atoms with E-state index >= 15 is 0 Å². The first-order chi connectivity index (χ1) is 10.1. The second-order valence-electron chi connectivity index (χ2n) is 4.96. The maximum Gasteiger partial charge on any atom is 0.159 e. The van der Waals surface area contributed by atoms with Crippen LogP contribution in [0.3, 0.4) is 0 Å². The van der Waals surface area contributed by atoms with Gasteiger partial charge in [0, 0.05) is 18.0 Å². The number of carbonyl (C=O) groups is 1. The van der Waals surface area contributed by atoms with Crippen molar-refractivity contribution in [1.29, 1.82) is 0 Å². The van der Waals surface area contributed by atoms with Gasteiger partial charge in [-0.3, -0.25) is 9.48 Å². The number of benzene rings is 2. The molecule has 2 aromatic carbocycles. The molecule has 1 aromatic heterocycles. The van der Waals surface area contributed by atoms with Crippen LogP contribution < -0.4 is 4.74 Å². The number of ether oxygens (including phenoxy) is 1. The number of aryl methyl sites for hydroxylation is 1. The van der Waals surface area contributed by atoms with Gasteiger partial charge >= 0.3 is 0 Å². The molecule has 0 bridgehead atoms. The Bertz CT molecular complexity index is 805. The van der Waals surface area contributed by atoms with E-state index in [1.165, 1.54) is 0 Å². The molecule has 3 aromatic rings. The lowest BCUT2D eigenvalue weighted by molar-refractivity contribution is 0.101. The summed E-state index contributed by atoms with van der Waals surface area (Å²) in [6, 6.07) is 15.3. The third kappa shape index (κ3) is 2.65. The lowest BCUT2D eigenvalue weighted by Gasteiger charge is -2.05. The number of carbonyl (C=O) groups excluding carboxylic acids is 1. The van der Waals surface area contributed by atoms with E-state index in [1.54, 1.807) is 19.1 Å². The summed E-state index contributed by atoms with van der Waals surface area (Å²) in [4.78, 5) is 11.4. The van der Waals surface area contributed by atoms with Gasteiger partial charge in [0.2, 0.25) is 0 Å². The standard InChI is InChI=1S/C17H16N2O2/c1-12(20)13-6-5-7-14(10-13)21-11-16-15-8-3-4-9-17(15)19(2)18-16/h3-10H,11H2,1-2H3. The molecule has 0 unspecified atom stereocenters. The topological polar surface area (TPSA) is 44.1 Å². The molecule has 0 atom stereocenters. The number of nitrogens with zero attached hydrogens (tertiary/aromatic N) is 2. The molecule has 21 heavy (non-hydrogen) atoms. The van der Waals surface area contributed by atoms with Crippen molar-refractivity contribution in [2.24, 2.45) is 7.05 Å². The predicted molar refractivity (Wildman–Crippen MR) is 81.5 cm³/mol. The van der Waals surface area contributed by atoms with Crippen LogP contribution in [-0.4, -0.2) is 15.6 Å². The third-order valence-electron chi connectivity index (χ3n) is 3.45. The molecule has 106 valence electrons. The van der Waals surface area contributed by atoms with Crippen molar-refractivity contribution in [3.63, 3.8) is 0 Å². The van der Waals surface area contributed by atoms with E-state index in [9.17, 15) is 4.79 Å². The number of Topliss-reactive ketones (excluding diaryl/α,β-unsaturated/α-hetero) is 1. The Hall–Kier alpha value is -2.62. The molecular weight excluding hydrogens is 264 g/mol. The zero-order valence-electron chi connectivity index (χ0n) is 12.0. The molecular formula is C17H16N2O2. The summed E-state index contributed by atoms with van der Waals surface area (Å²) in [5, 5.41) is 5.57. The van der Waals surface area contributed by atoms with Crippen LogP contribution in [0.25, 0.3) is 10.9 Å². The van der Waals surface area contributed by atoms with Gasteiger partial charge in [-0.05, 0) is 25.1 Å². The van der Waals surface area contributed by atoms with Crippen LogP contribution in [0, 0.1) is 0 Å². The summed E-state index contributed by atoms with van der Waals surface area (Å²) in [6.07, 6.45) is 0. The average Bonchev–Trinajstić information content (AvgIpc) is 2.82. The summed E-state index contributed by atoms with van der Waals surface area (Å²) in [5.74, 6) is 0.709. The molecule has 0 radical (unpaired) electrons. The second-order valence-corrected chi connectivity index (χ2v) is 4.96. The molecule has 4 heteroatoms. The van der Waals surface area contributed by atoms with Gasteiger partial charge in [0.25, 0.3) is 0 Å². The molecule has 0 amide bonds. The first kappa shape index (κ1) is 13.4. The number of fused-ring (bicyclic) bond motifs is 1. The molecule has 0 N–H and O–H groups in total. The molecule has 0 aliphatic heterocycles. The SMILES string of the molecule is CC(=O)c1cccc(OCc2nn(C)c3ccccc23)c1. The fourth-order valence-electron chi connectivity index (χ4n) is 2.35. The molecule has 0 saturated heterocycles. The maximum atomic E-state index is 11.4. The van der Waals surface area contributed by atoms with E-state index in [-0.39, 0.29) is 5.78 Å². The van der Waals surface area contributed by atoms with Crippen molar-refractivity contribution < 1.29 is 9.53 Å². The van der Waals surface area contributed by atoms with Crippen LogP contribution in [-0.2, 0) is 13.7 Å². The fourth-order valence-corrected chi connectivity index (χ4v) is 2.35. The van der Waals surface area contributed by atoms with Gasteiger partial charge in [0.1, 0.15) is 18.1 Å². The lowest BCUT2D eigenvalue weighted by atomic mass is 10.1. The van der Waals surface area contributed by atoms with E-state index in [4.69, 9.17) is 4.74 Å². The molecule has 0 saturated carbocycles. The van der Waals surface area contributed by atoms with Gasteiger partial charge in [0.15, 0.2) is 5.78 Å². The van der Waals surface area contributed by atoms with Gasteiger partial charge in [-0.1, -0.05) is 30.3 Å². The lowest BCUT2D eigenvalue weighted by Crippen LogP contribution is -1.99. The predicted octanol–water partition coefficient (Wildman–Crippen LogP) is 3.35. The highest BCUT2D eigenvalue weighted by molar-refractivity contribution is 5.94. The number of rotatable bonds is 4. The molecule has 4 nitrogen and oxygen atoms in total. The maximum absolute atomic E-state index is 11.4. The van der Waals surface area contributed by atoms with E-state index in [0.29, 0.717) is 17.9 Å². The van der Waals surface area contributed by atoms with Crippen molar-refractivity contribution in [1.82, 2.24) is 9.78 Å². The molecule has 0 aliphatic carbocycles. The van der Waals surface area contributed by atoms with Crippen LogP contribution in [0.5, 0.6) is 5.75 Å². The Morgan fingerprint density at radius 1 is 1.19 bits per heavy atom. The van der Waals surface area contributed by atoms with Gasteiger partial charge in [-0.2, -0.15) is 5.10 Å². The smallest absolute Gasteiger partial charge is 0.159 e. The summed E-state index contributed by atoms with van der Waals surface area (Å²) in [6.45, 7) is 1.92. The Balaban J connectivity index is 1.84. The van der Waals surface area contributed by atoms with Crippen LogP contribution in [0.4, 0.5) is 0 Å². The molecule has 0 fully saturated rings. The van der Waals surface area contributed by atoms with Crippen molar-refractivity contribution in [3.05, 3.63) is 59.8 Å². The summed E-state index contributed by atoms with van der Waals surface area (Å²) in [7, 11) is 1.92. The van der Waals surface area contributed by atoms with Crippen LogP contribution in [0.2, 0.25) is 0 Å². The highest BCUT2D eigenvalue weighted by Gasteiger charge is 2.09. The minimum Gasteiger partial charge on any atom is -0.487 e. The average molecular weight is 280 g/mol. The Morgan fingerprint density at radius 2 is 2.00 bits per heavy atom. The van der Waals surface area contributed by atoms with Gasteiger partial charge in [-0.15, -0.1) is 0 Å². The van der Waals surface area contributed by atoms with Crippen LogP contribution in [0.15, 0.2) is 48.5 Å². The molecule has 0 spiro atoms. The summed E-state index contributed by atoms with van der Waals surface area (Å²) < 4.78 is 7.62. The zero-order chi connectivity index (χ0) is 14.8. The summed E-state index contributed by atoms with van der Waals surface area (Å²) >= 11 is 0. The monoisotopic (exact) mass is 280 g/mol. The largest absolute Gasteiger partial charge is 0.487 e. The van der Waals surface area contributed by atoms with Crippen molar-refractivity contribution >= 4 is 16.7 Å². The van der Waals surface area contributed by atoms with E-state index in [1.807, 2.05) is 48.1 Å². The minimum absolute atomic E-state index is 0.0312. The second kappa shape index (κ2) is 5.40. The number of hydrogen-bond acceptors (Lipinski definition) is 3. The van der Waals surface area contributed by atoms with Gasteiger partial charge in [-0.25, -0.2) is 0 Å². The number of hydrogen-bond donors (Lipinski definition) is 0. The Morgan fingerprint density at radius 3 is 2.81 bits per heavy atom. The number of aromatic nitrogens is 2. The van der Waals surface area contributed by atoms with Gasteiger partial charge in [0.05, 0.1) is 5.52 Å². The third-order valence-corrected chi connectivity index (χ3v) is 3.45. The van der Waals surface area contributed by atoms with Crippen molar-refractivity contribution in [3.8, 4) is 5.75 Å². The highest BCUT2D eigenvalue weighted by Crippen LogP contribution is 2.20.